The number of carboxylic acids is 2. The predicted octanol–water partition coefficient (Wildman–Crippen LogP) is 3.33. The zero-order chi connectivity index (χ0) is 21.4. The van der Waals surface area contributed by atoms with Crippen LogP contribution >= 0.6 is 23.2 Å². The van der Waals surface area contributed by atoms with Gasteiger partial charge in [-0.1, -0.05) is 35.3 Å². The Morgan fingerprint density at radius 1 is 1.03 bits per heavy atom. The highest BCUT2D eigenvalue weighted by molar-refractivity contribution is 6.42. The monoisotopic (exact) mass is 438 g/mol. The van der Waals surface area contributed by atoms with Crippen molar-refractivity contribution in [3.63, 3.8) is 0 Å². The van der Waals surface area contributed by atoms with Gasteiger partial charge < -0.3 is 14.9 Å². The second kappa shape index (κ2) is 10.4. The molecule has 0 saturated carbocycles. The van der Waals surface area contributed by atoms with E-state index in [0.717, 1.165) is 0 Å². The highest BCUT2D eigenvalue weighted by Crippen LogP contribution is 2.26. The van der Waals surface area contributed by atoms with Gasteiger partial charge in [0.2, 0.25) is 0 Å². The number of aliphatic carboxylic acids is 2. The Balaban J connectivity index is 0.000000438. The highest BCUT2D eigenvalue weighted by atomic mass is 35.5. The number of rotatable bonds is 5. The average molecular weight is 439 g/mol. The fourth-order valence-electron chi connectivity index (χ4n) is 2.26. The number of carbonyl (C=O) groups is 2. The number of halogens is 2. The van der Waals surface area contributed by atoms with Crippen molar-refractivity contribution in [3.8, 4) is 5.75 Å². The topological polar surface area (TPSA) is 119 Å². The molecule has 0 aliphatic rings. The first-order valence-corrected chi connectivity index (χ1v) is 9.03. The van der Waals surface area contributed by atoms with Crippen molar-refractivity contribution in [2.75, 3.05) is 6.61 Å². The molecule has 1 aromatic heterocycles. The molecule has 0 amide bonds. The van der Waals surface area contributed by atoms with Crippen LogP contribution in [0.4, 0.5) is 0 Å². The fraction of sp³-hybridized carbons (Fsp3) is 0.158. The van der Waals surface area contributed by atoms with E-state index in [0.29, 0.717) is 46.3 Å². The van der Waals surface area contributed by atoms with E-state index < -0.39 is 11.9 Å². The molecule has 0 aliphatic carbocycles. The molecule has 2 N–H and O–H groups in total. The Bertz CT molecular complexity index is 1070. The molecule has 3 aromatic rings. The number of carboxylic acid groups (broad SMARTS) is 2. The first kappa shape index (κ1) is 22.2. The third kappa shape index (κ3) is 6.48. The van der Waals surface area contributed by atoms with Crippen molar-refractivity contribution in [2.45, 2.75) is 13.0 Å². The van der Waals surface area contributed by atoms with Gasteiger partial charge in [0.05, 0.1) is 33.9 Å². The summed E-state index contributed by atoms with van der Waals surface area (Å²) in [6.07, 6.45) is 2.25. The standard InChI is InChI=1S/C17H14Cl2N2O2.C2H2O4/c18-14-7-6-12(10-15(14)19)23-9-3-8-21-11-20-16-5-2-1-4-13(16)17(21)22;3-1(4)2(5)6/h1-2,4-7,10-11H,3,8-9H2;(H,3,4)(H,5,6). The molecule has 0 unspecified atom stereocenters. The minimum Gasteiger partial charge on any atom is -0.493 e. The highest BCUT2D eigenvalue weighted by Gasteiger charge is 2.05. The number of hydrogen-bond acceptors (Lipinski definition) is 5. The number of para-hydroxylation sites is 1. The molecule has 0 aliphatic heterocycles. The van der Waals surface area contributed by atoms with Crippen LogP contribution < -0.4 is 10.3 Å². The van der Waals surface area contributed by atoms with Gasteiger partial charge in [-0.3, -0.25) is 9.36 Å². The molecule has 1 heterocycles. The summed E-state index contributed by atoms with van der Waals surface area (Å²) >= 11 is 11.8. The van der Waals surface area contributed by atoms with Gasteiger partial charge in [-0.05, 0) is 30.7 Å². The average Bonchev–Trinajstić information content (AvgIpc) is 2.70. The van der Waals surface area contributed by atoms with Gasteiger partial charge in [0.1, 0.15) is 5.75 Å². The zero-order valence-corrected chi connectivity index (χ0v) is 16.4. The largest absolute Gasteiger partial charge is 0.493 e. The number of fused-ring (bicyclic) bond motifs is 1. The maximum absolute atomic E-state index is 12.3. The van der Waals surface area contributed by atoms with Crippen molar-refractivity contribution >= 4 is 46.0 Å². The summed E-state index contributed by atoms with van der Waals surface area (Å²) in [5.74, 6) is -2.99. The van der Waals surface area contributed by atoms with Crippen LogP contribution in [0.1, 0.15) is 6.42 Å². The second-order valence-corrected chi connectivity index (χ2v) is 6.46. The number of hydrogen-bond donors (Lipinski definition) is 2. The lowest BCUT2D eigenvalue weighted by Gasteiger charge is -2.09. The molecule has 2 aromatic carbocycles. The molecular formula is C19H16Cl2N2O6. The van der Waals surface area contributed by atoms with Crippen LogP contribution in [0.25, 0.3) is 10.9 Å². The summed E-state index contributed by atoms with van der Waals surface area (Å²) in [5.41, 5.74) is 0.672. The Morgan fingerprint density at radius 3 is 2.38 bits per heavy atom. The number of aromatic nitrogens is 2. The van der Waals surface area contributed by atoms with Gasteiger partial charge in [-0.15, -0.1) is 0 Å². The van der Waals surface area contributed by atoms with Crippen LogP contribution in [0.15, 0.2) is 53.6 Å². The first-order valence-electron chi connectivity index (χ1n) is 8.28. The van der Waals surface area contributed by atoms with E-state index in [1.165, 1.54) is 0 Å². The van der Waals surface area contributed by atoms with E-state index in [1.807, 2.05) is 18.2 Å². The smallest absolute Gasteiger partial charge is 0.414 e. The normalized spacial score (nSPS) is 10.1. The molecule has 152 valence electrons. The maximum atomic E-state index is 12.3. The summed E-state index contributed by atoms with van der Waals surface area (Å²) in [4.78, 5) is 34.8. The Morgan fingerprint density at radius 2 is 1.72 bits per heavy atom. The minimum absolute atomic E-state index is 0.0369. The van der Waals surface area contributed by atoms with Crippen LogP contribution in [0.3, 0.4) is 0 Å². The minimum atomic E-state index is -1.82. The first-order chi connectivity index (χ1) is 13.8. The van der Waals surface area contributed by atoms with Crippen molar-refractivity contribution in [1.82, 2.24) is 9.55 Å². The fourth-order valence-corrected chi connectivity index (χ4v) is 2.55. The summed E-state index contributed by atoms with van der Waals surface area (Å²) < 4.78 is 7.21. The molecule has 0 spiro atoms. The number of ether oxygens (including phenoxy) is 1. The maximum Gasteiger partial charge on any atom is 0.414 e. The molecule has 0 saturated heterocycles. The number of aryl methyl sites for hydroxylation is 1. The lowest BCUT2D eigenvalue weighted by Crippen LogP contribution is -2.21. The zero-order valence-electron chi connectivity index (χ0n) is 14.9. The second-order valence-electron chi connectivity index (χ2n) is 5.65. The van der Waals surface area contributed by atoms with Crippen molar-refractivity contribution < 1.29 is 24.5 Å². The molecule has 29 heavy (non-hydrogen) atoms. The van der Waals surface area contributed by atoms with E-state index in [1.54, 1.807) is 35.2 Å². The van der Waals surface area contributed by atoms with Crippen LogP contribution in [0.5, 0.6) is 5.75 Å². The molecule has 10 heteroatoms. The van der Waals surface area contributed by atoms with Gasteiger partial charge in [0.15, 0.2) is 0 Å². The van der Waals surface area contributed by atoms with Crippen LogP contribution in [-0.2, 0) is 16.1 Å². The molecule has 8 nitrogen and oxygen atoms in total. The Hall–Kier alpha value is -3.10. The van der Waals surface area contributed by atoms with E-state index in [4.69, 9.17) is 47.7 Å². The van der Waals surface area contributed by atoms with E-state index in [9.17, 15) is 4.79 Å². The van der Waals surface area contributed by atoms with Crippen molar-refractivity contribution in [1.29, 1.82) is 0 Å². The third-order valence-electron chi connectivity index (χ3n) is 3.62. The van der Waals surface area contributed by atoms with Crippen molar-refractivity contribution in [2.24, 2.45) is 0 Å². The van der Waals surface area contributed by atoms with Crippen molar-refractivity contribution in [3.05, 3.63) is 69.2 Å². The number of nitrogens with zero attached hydrogens (tertiary/aromatic N) is 2. The molecular weight excluding hydrogens is 423 g/mol. The van der Waals surface area contributed by atoms with Gasteiger partial charge in [-0.2, -0.15) is 0 Å². The summed E-state index contributed by atoms with van der Waals surface area (Å²) in [7, 11) is 0. The summed E-state index contributed by atoms with van der Waals surface area (Å²) in [6.45, 7) is 1.01. The molecule has 0 fully saturated rings. The quantitative estimate of drug-likeness (QED) is 0.462. The third-order valence-corrected chi connectivity index (χ3v) is 4.36. The molecule has 0 bridgehead atoms. The van der Waals surface area contributed by atoms with E-state index in [-0.39, 0.29) is 5.56 Å². The summed E-state index contributed by atoms with van der Waals surface area (Å²) in [6, 6.07) is 12.4. The molecule has 0 radical (unpaired) electrons. The summed E-state index contributed by atoms with van der Waals surface area (Å²) in [5, 5.41) is 16.4. The van der Waals surface area contributed by atoms with Gasteiger partial charge in [0, 0.05) is 12.6 Å². The van der Waals surface area contributed by atoms with Crippen LogP contribution in [-0.4, -0.2) is 38.3 Å². The Labute approximate surface area is 174 Å². The SMILES string of the molecule is O=C(O)C(=O)O.O=c1c2ccccc2ncn1CCCOc1ccc(Cl)c(Cl)c1. The number of benzene rings is 2. The van der Waals surface area contributed by atoms with E-state index >= 15 is 0 Å². The van der Waals surface area contributed by atoms with E-state index in [2.05, 4.69) is 4.98 Å². The lowest BCUT2D eigenvalue weighted by molar-refractivity contribution is -0.159. The van der Waals surface area contributed by atoms with Gasteiger partial charge in [0.25, 0.3) is 5.56 Å². The lowest BCUT2D eigenvalue weighted by atomic mass is 10.2. The molecule has 3 rings (SSSR count). The predicted molar refractivity (Wildman–Crippen MR) is 108 cm³/mol. The van der Waals surface area contributed by atoms with Gasteiger partial charge >= 0.3 is 11.9 Å². The van der Waals surface area contributed by atoms with Gasteiger partial charge in [-0.25, -0.2) is 14.6 Å². The Kier molecular flexibility index (Phi) is 7.99. The van der Waals surface area contributed by atoms with Crippen LogP contribution in [0.2, 0.25) is 10.0 Å². The van der Waals surface area contributed by atoms with Crippen LogP contribution in [0, 0.1) is 0 Å². The molecule has 0 atom stereocenters.